The van der Waals surface area contributed by atoms with Gasteiger partial charge in [-0.25, -0.2) is 0 Å². The van der Waals surface area contributed by atoms with Gasteiger partial charge in [-0.05, 0) is 24.6 Å². The van der Waals surface area contributed by atoms with Crippen LogP contribution in [0.1, 0.15) is 5.56 Å². The van der Waals surface area contributed by atoms with Crippen LogP contribution in [0.5, 0.6) is 5.75 Å². The SMILES string of the molecule is Cc1ccc(OCC#N)c2ncccc12. The van der Waals surface area contributed by atoms with E-state index >= 15 is 0 Å². The molecule has 2 aromatic rings. The molecule has 0 spiro atoms. The third-order valence-electron chi connectivity index (χ3n) is 2.24. The maximum absolute atomic E-state index is 8.46. The molecule has 1 aromatic carbocycles. The molecule has 0 N–H and O–H groups in total. The minimum absolute atomic E-state index is 0.0503. The Balaban J connectivity index is 2.57. The van der Waals surface area contributed by atoms with Crippen LogP contribution in [0.4, 0.5) is 0 Å². The maximum atomic E-state index is 8.46. The number of rotatable bonds is 2. The molecule has 0 saturated heterocycles. The van der Waals surface area contributed by atoms with E-state index in [9.17, 15) is 0 Å². The van der Waals surface area contributed by atoms with Crippen LogP contribution < -0.4 is 4.74 Å². The van der Waals surface area contributed by atoms with E-state index in [1.165, 1.54) is 0 Å². The van der Waals surface area contributed by atoms with Gasteiger partial charge in [-0.2, -0.15) is 5.26 Å². The van der Waals surface area contributed by atoms with Crippen molar-refractivity contribution in [1.82, 2.24) is 4.98 Å². The number of aryl methyl sites for hydroxylation is 1. The fourth-order valence-electron chi connectivity index (χ4n) is 1.52. The number of hydrogen-bond donors (Lipinski definition) is 0. The van der Waals surface area contributed by atoms with Gasteiger partial charge in [0, 0.05) is 11.6 Å². The maximum Gasteiger partial charge on any atom is 0.174 e. The Morgan fingerprint density at radius 3 is 3.07 bits per heavy atom. The molecule has 3 heteroatoms. The van der Waals surface area contributed by atoms with E-state index in [-0.39, 0.29) is 6.61 Å². The van der Waals surface area contributed by atoms with Gasteiger partial charge in [0.15, 0.2) is 6.61 Å². The van der Waals surface area contributed by atoms with Gasteiger partial charge in [0.05, 0.1) is 0 Å². The van der Waals surface area contributed by atoms with Gasteiger partial charge in [-0.3, -0.25) is 4.98 Å². The predicted molar refractivity (Wildman–Crippen MR) is 57.6 cm³/mol. The number of hydrogen-bond acceptors (Lipinski definition) is 3. The monoisotopic (exact) mass is 198 g/mol. The molecule has 74 valence electrons. The highest BCUT2D eigenvalue weighted by molar-refractivity contribution is 5.87. The lowest BCUT2D eigenvalue weighted by atomic mass is 10.1. The molecule has 0 atom stereocenters. The van der Waals surface area contributed by atoms with Crippen molar-refractivity contribution in [3.05, 3.63) is 36.0 Å². The van der Waals surface area contributed by atoms with Crippen LogP contribution in [0, 0.1) is 18.3 Å². The minimum atomic E-state index is 0.0503. The molecule has 1 heterocycles. The lowest BCUT2D eigenvalue weighted by molar-refractivity contribution is 0.372. The van der Waals surface area contributed by atoms with E-state index in [0.717, 1.165) is 16.5 Å². The molecular formula is C12H10N2O. The predicted octanol–water partition coefficient (Wildman–Crippen LogP) is 2.45. The first-order valence-corrected chi connectivity index (χ1v) is 4.67. The van der Waals surface area contributed by atoms with Gasteiger partial charge in [0.1, 0.15) is 17.3 Å². The Kier molecular flexibility index (Phi) is 2.51. The summed E-state index contributed by atoms with van der Waals surface area (Å²) in [4.78, 5) is 4.26. The van der Waals surface area contributed by atoms with Crippen molar-refractivity contribution in [3.8, 4) is 11.8 Å². The van der Waals surface area contributed by atoms with Crippen molar-refractivity contribution >= 4 is 10.9 Å². The van der Waals surface area contributed by atoms with Crippen molar-refractivity contribution in [2.45, 2.75) is 6.92 Å². The Labute approximate surface area is 87.9 Å². The molecule has 0 radical (unpaired) electrons. The third-order valence-corrected chi connectivity index (χ3v) is 2.24. The van der Waals surface area contributed by atoms with E-state index in [1.54, 1.807) is 6.20 Å². The van der Waals surface area contributed by atoms with Crippen LogP contribution in [0.2, 0.25) is 0 Å². The molecule has 0 aliphatic heterocycles. The van der Waals surface area contributed by atoms with Gasteiger partial charge >= 0.3 is 0 Å². The number of pyridine rings is 1. The average molecular weight is 198 g/mol. The number of ether oxygens (including phenoxy) is 1. The van der Waals surface area contributed by atoms with Crippen LogP contribution in [-0.4, -0.2) is 11.6 Å². The van der Waals surface area contributed by atoms with Crippen LogP contribution in [0.25, 0.3) is 10.9 Å². The summed E-state index contributed by atoms with van der Waals surface area (Å²) in [5.41, 5.74) is 1.97. The normalized spacial score (nSPS) is 9.87. The standard InChI is InChI=1S/C12H10N2O/c1-9-4-5-11(15-8-6-13)12-10(9)3-2-7-14-12/h2-5,7H,8H2,1H3. The lowest BCUT2D eigenvalue weighted by Crippen LogP contribution is -1.95. The van der Waals surface area contributed by atoms with E-state index < -0.39 is 0 Å². The molecule has 0 aliphatic rings. The molecule has 0 saturated carbocycles. The second-order valence-electron chi connectivity index (χ2n) is 3.23. The van der Waals surface area contributed by atoms with Crippen molar-refractivity contribution in [2.75, 3.05) is 6.61 Å². The van der Waals surface area contributed by atoms with Gasteiger partial charge < -0.3 is 4.74 Å². The first-order chi connectivity index (χ1) is 7.33. The number of nitriles is 1. The average Bonchev–Trinajstić information content (AvgIpc) is 2.29. The highest BCUT2D eigenvalue weighted by atomic mass is 16.5. The summed E-state index contributed by atoms with van der Waals surface area (Å²) >= 11 is 0. The zero-order valence-electron chi connectivity index (χ0n) is 8.40. The van der Waals surface area contributed by atoms with E-state index in [0.29, 0.717) is 5.75 Å². The largest absolute Gasteiger partial charge is 0.476 e. The summed E-state index contributed by atoms with van der Waals surface area (Å²) in [6.45, 7) is 2.08. The molecule has 0 fully saturated rings. The Morgan fingerprint density at radius 1 is 1.40 bits per heavy atom. The quantitative estimate of drug-likeness (QED) is 0.744. The topological polar surface area (TPSA) is 45.9 Å². The fraction of sp³-hybridized carbons (Fsp3) is 0.167. The molecule has 3 nitrogen and oxygen atoms in total. The summed E-state index contributed by atoms with van der Waals surface area (Å²) in [7, 11) is 0. The summed E-state index contributed by atoms with van der Waals surface area (Å²) in [5.74, 6) is 0.665. The summed E-state index contributed by atoms with van der Waals surface area (Å²) in [6, 6.07) is 9.65. The minimum Gasteiger partial charge on any atom is -0.476 e. The lowest BCUT2D eigenvalue weighted by Gasteiger charge is -2.07. The summed E-state index contributed by atoms with van der Waals surface area (Å²) in [6.07, 6.45) is 1.72. The molecule has 0 unspecified atom stereocenters. The number of nitrogens with zero attached hydrogens (tertiary/aromatic N) is 2. The van der Waals surface area contributed by atoms with Gasteiger partial charge in [0.25, 0.3) is 0 Å². The molecule has 1 aromatic heterocycles. The van der Waals surface area contributed by atoms with Crippen molar-refractivity contribution in [2.24, 2.45) is 0 Å². The third kappa shape index (κ3) is 1.75. The molecular weight excluding hydrogens is 188 g/mol. The highest BCUT2D eigenvalue weighted by Gasteiger charge is 2.04. The second-order valence-corrected chi connectivity index (χ2v) is 3.23. The molecule has 0 amide bonds. The van der Waals surface area contributed by atoms with Crippen LogP contribution >= 0.6 is 0 Å². The zero-order valence-corrected chi connectivity index (χ0v) is 8.40. The summed E-state index contributed by atoms with van der Waals surface area (Å²) in [5, 5.41) is 9.52. The van der Waals surface area contributed by atoms with Crippen LogP contribution in [0.3, 0.4) is 0 Å². The summed E-state index contributed by atoms with van der Waals surface area (Å²) < 4.78 is 5.30. The van der Waals surface area contributed by atoms with E-state index in [1.807, 2.05) is 37.3 Å². The van der Waals surface area contributed by atoms with E-state index in [4.69, 9.17) is 10.00 Å². The van der Waals surface area contributed by atoms with Crippen LogP contribution in [-0.2, 0) is 0 Å². The van der Waals surface area contributed by atoms with Gasteiger partial charge in [-0.1, -0.05) is 12.1 Å². The molecule has 15 heavy (non-hydrogen) atoms. The smallest absolute Gasteiger partial charge is 0.174 e. The van der Waals surface area contributed by atoms with E-state index in [2.05, 4.69) is 4.98 Å². The van der Waals surface area contributed by atoms with Gasteiger partial charge in [0.2, 0.25) is 0 Å². The number of benzene rings is 1. The zero-order chi connectivity index (χ0) is 10.7. The van der Waals surface area contributed by atoms with Crippen LogP contribution in [0.15, 0.2) is 30.5 Å². The Bertz CT molecular complexity index is 529. The van der Waals surface area contributed by atoms with Gasteiger partial charge in [-0.15, -0.1) is 0 Å². The number of fused-ring (bicyclic) bond motifs is 1. The molecule has 0 aliphatic carbocycles. The van der Waals surface area contributed by atoms with Crippen molar-refractivity contribution in [3.63, 3.8) is 0 Å². The fourth-order valence-corrected chi connectivity index (χ4v) is 1.52. The molecule has 0 bridgehead atoms. The van der Waals surface area contributed by atoms with Crippen molar-refractivity contribution in [1.29, 1.82) is 5.26 Å². The Morgan fingerprint density at radius 2 is 2.27 bits per heavy atom. The second kappa shape index (κ2) is 3.97. The van der Waals surface area contributed by atoms with Crippen molar-refractivity contribution < 1.29 is 4.74 Å². The first-order valence-electron chi connectivity index (χ1n) is 4.67. The highest BCUT2D eigenvalue weighted by Crippen LogP contribution is 2.25. The number of aromatic nitrogens is 1. The Hall–Kier alpha value is -2.08. The first kappa shape index (κ1) is 9.47. The molecule has 2 rings (SSSR count).